The van der Waals surface area contributed by atoms with Crippen LogP contribution < -0.4 is 0 Å². The third-order valence-corrected chi connectivity index (χ3v) is 3.77. The number of nitrogens with zero attached hydrogens (tertiary/aromatic N) is 4. The van der Waals surface area contributed by atoms with Crippen molar-refractivity contribution in [2.45, 2.75) is 12.1 Å². The SMILES string of the molecule is O=C(O)N1CC(c2ncc3c(Cl)nccn23)OCC1CO. The smallest absolute Gasteiger partial charge is 0.407 e. The van der Waals surface area contributed by atoms with E-state index in [1.165, 1.54) is 6.20 Å². The zero-order valence-corrected chi connectivity index (χ0v) is 11.6. The first-order chi connectivity index (χ1) is 10.1. The van der Waals surface area contributed by atoms with Crippen molar-refractivity contribution in [1.29, 1.82) is 0 Å². The van der Waals surface area contributed by atoms with Crippen molar-refractivity contribution in [3.8, 4) is 0 Å². The van der Waals surface area contributed by atoms with Gasteiger partial charge in [-0.1, -0.05) is 11.6 Å². The second-order valence-corrected chi connectivity index (χ2v) is 5.04. The molecule has 8 nitrogen and oxygen atoms in total. The van der Waals surface area contributed by atoms with E-state index in [-0.39, 0.29) is 19.8 Å². The van der Waals surface area contributed by atoms with Crippen molar-refractivity contribution < 1.29 is 19.7 Å². The molecule has 9 heteroatoms. The number of ether oxygens (including phenoxy) is 1. The van der Waals surface area contributed by atoms with E-state index >= 15 is 0 Å². The number of carboxylic acid groups (broad SMARTS) is 1. The van der Waals surface area contributed by atoms with Crippen LogP contribution in [0.25, 0.3) is 5.52 Å². The Morgan fingerprint density at radius 1 is 1.52 bits per heavy atom. The summed E-state index contributed by atoms with van der Waals surface area (Å²) in [6.07, 6.45) is 3.18. The van der Waals surface area contributed by atoms with Crippen molar-refractivity contribution in [3.05, 3.63) is 29.6 Å². The summed E-state index contributed by atoms with van der Waals surface area (Å²) in [7, 11) is 0. The molecule has 2 aromatic rings. The molecular formula is C12H13ClN4O4. The number of carbonyl (C=O) groups is 1. The molecule has 3 heterocycles. The molecular weight excluding hydrogens is 300 g/mol. The van der Waals surface area contributed by atoms with Gasteiger partial charge in [-0.3, -0.25) is 9.30 Å². The minimum Gasteiger partial charge on any atom is -0.465 e. The van der Waals surface area contributed by atoms with Gasteiger partial charge in [-0.05, 0) is 0 Å². The van der Waals surface area contributed by atoms with Crippen LogP contribution in [0, 0.1) is 0 Å². The molecule has 0 bridgehead atoms. The summed E-state index contributed by atoms with van der Waals surface area (Å²) < 4.78 is 7.36. The first kappa shape index (κ1) is 14.1. The number of amides is 1. The maximum atomic E-state index is 11.3. The molecule has 1 aliphatic rings. The van der Waals surface area contributed by atoms with Gasteiger partial charge in [0.2, 0.25) is 0 Å². The third kappa shape index (κ3) is 2.41. The number of imidazole rings is 1. The van der Waals surface area contributed by atoms with Crippen LogP contribution in [-0.4, -0.2) is 61.4 Å². The molecule has 0 aliphatic carbocycles. The Kier molecular flexibility index (Phi) is 3.66. The molecule has 2 unspecified atom stereocenters. The largest absolute Gasteiger partial charge is 0.465 e. The molecule has 2 N–H and O–H groups in total. The maximum Gasteiger partial charge on any atom is 0.407 e. The Bertz CT molecular complexity index is 676. The lowest BCUT2D eigenvalue weighted by Crippen LogP contribution is -2.51. The Hall–Kier alpha value is -1.90. The van der Waals surface area contributed by atoms with Crippen LogP contribution in [0.1, 0.15) is 11.9 Å². The van der Waals surface area contributed by atoms with E-state index in [0.717, 1.165) is 4.90 Å². The number of hydrogen-bond acceptors (Lipinski definition) is 5. The molecule has 0 saturated carbocycles. The van der Waals surface area contributed by atoms with Crippen molar-refractivity contribution in [3.63, 3.8) is 0 Å². The zero-order valence-electron chi connectivity index (χ0n) is 10.9. The van der Waals surface area contributed by atoms with Crippen LogP contribution in [0.3, 0.4) is 0 Å². The average Bonchev–Trinajstić information content (AvgIpc) is 2.92. The van der Waals surface area contributed by atoms with Crippen molar-refractivity contribution >= 4 is 23.2 Å². The fourth-order valence-corrected chi connectivity index (χ4v) is 2.59. The Balaban J connectivity index is 1.93. The maximum absolute atomic E-state index is 11.3. The van der Waals surface area contributed by atoms with Gasteiger partial charge in [0.25, 0.3) is 0 Å². The number of rotatable bonds is 2. The van der Waals surface area contributed by atoms with Crippen LogP contribution in [-0.2, 0) is 4.74 Å². The summed E-state index contributed by atoms with van der Waals surface area (Å²) in [4.78, 5) is 20.6. The van der Waals surface area contributed by atoms with Crippen LogP contribution in [0.2, 0.25) is 5.15 Å². The normalized spacial score (nSPS) is 22.7. The van der Waals surface area contributed by atoms with Crippen LogP contribution in [0.15, 0.2) is 18.6 Å². The van der Waals surface area contributed by atoms with E-state index in [9.17, 15) is 15.0 Å². The summed E-state index contributed by atoms with van der Waals surface area (Å²) in [5.74, 6) is 0.553. The minimum atomic E-state index is -1.09. The molecule has 2 atom stereocenters. The molecule has 1 amide bonds. The van der Waals surface area contributed by atoms with Crippen LogP contribution >= 0.6 is 11.6 Å². The molecule has 1 aliphatic heterocycles. The van der Waals surface area contributed by atoms with Gasteiger partial charge in [-0.25, -0.2) is 14.8 Å². The van der Waals surface area contributed by atoms with Gasteiger partial charge in [-0.2, -0.15) is 0 Å². The molecule has 21 heavy (non-hydrogen) atoms. The molecule has 0 spiro atoms. The highest BCUT2D eigenvalue weighted by atomic mass is 35.5. The summed E-state index contributed by atoms with van der Waals surface area (Å²) in [5, 5.41) is 18.7. The molecule has 0 radical (unpaired) electrons. The highest BCUT2D eigenvalue weighted by molar-refractivity contribution is 6.32. The zero-order chi connectivity index (χ0) is 15.0. The number of morpholine rings is 1. The number of hydrogen-bond donors (Lipinski definition) is 2. The molecule has 3 rings (SSSR count). The van der Waals surface area contributed by atoms with Crippen LogP contribution in [0.5, 0.6) is 0 Å². The average molecular weight is 313 g/mol. The van der Waals surface area contributed by atoms with E-state index in [4.69, 9.17) is 16.3 Å². The van der Waals surface area contributed by atoms with E-state index in [2.05, 4.69) is 9.97 Å². The summed E-state index contributed by atoms with van der Waals surface area (Å²) in [6, 6.07) is -0.560. The lowest BCUT2D eigenvalue weighted by molar-refractivity contribution is -0.0713. The van der Waals surface area contributed by atoms with E-state index in [1.54, 1.807) is 16.8 Å². The van der Waals surface area contributed by atoms with Gasteiger partial charge in [0.1, 0.15) is 17.4 Å². The second kappa shape index (κ2) is 5.47. The molecule has 1 fully saturated rings. The Morgan fingerprint density at radius 2 is 2.33 bits per heavy atom. The van der Waals surface area contributed by atoms with Crippen molar-refractivity contribution in [2.75, 3.05) is 19.8 Å². The first-order valence-corrected chi connectivity index (χ1v) is 6.69. The summed E-state index contributed by atoms with van der Waals surface area (Å²) in [6.45, 7) is -0.0715. The molecule has 2 aromatic heterocycles. The Labute approximate surface area is 124 Å². The van der Waals surface area contributed by atoms with E-state index < -0.39 is 18.2 Å². The number of aliphatic hydroxyl groups excluding tert-OH is 1. The Morgan fingerprint density at radius 3 is 3.05 bits per heavy atom. The van der Waals surface area contributed by atoms with E-state index in [1.807, 2.05) is 0 Å². The summed E-state index contributed by atoms with van der Waals surface area (Å²) >= 11 is 5.98. The lowest BCUT2D eigenvalue weighted by atomic mass is 10.2. The van der Waals surface area contributed by atoms with Crippen molar-refractivity contribution in [1.82, 2.24) is 19.3 Å². The van der Waals surface area contributed by atoms with Crippen molar-refractivity contribution in [2.24, 2.45) is 0 Å². The molecule has 1 saturated heterocycles. The second-order valence-electron chi connectivity index (χ2n) is 4.68. The number of aliphatic hydroxyl groups is 1. The van der Waals surface area contributed by atoms with Gasteiger partial charge >= 0.3 is 6.09 Å². The van der Waals surface area contributed by atoms with Crippen LogP contribution in [0.4, 0.5) is 4.79 Å². The molecule has 0 aromatic carbocycles. The number of fused-ring (bicyclic) bond motifs is 1. The van der Waals surface area contributed by atoms with Gasteiger partial charge < -0.3 is 14.9 Å². The monoisotopic (exact) mass is 312 g/mol. The summed E-state index contributed by atoms with van der Waals surface area (Å²) in [5.41, 5.74) is 0.629. The minimum absolute atomic E-state index is 0.0968. The topological polar surface area (TPSA) is 100 Å². The fourth-order valence-electron chi connectivity index (χ4n) is 2.39. The fraction of sp³-hybridized carbons (Fsp3) is 0.417. The predicted octanol–water partition coefficient (Wildman–Crippen LogP) is 0.795. The quantitative estimate of drug-likeness (QED) is 0.850. The number of halogens is 1. The van der Waals surface area contributed by atoms with Gasteiger partial charge in [0.05, 0.1) is 32.0 Å². The first-order valence-electron chi connectivity index (χ1n) is 6.31. The van der Waals surface area contributed by atoms with E-state index in [0.29, 0.717) is 16.5 Å². The third-order valence-electron chi connectivity index (χ3n) is 3.48. The van der Waals surface area contributed by atoms with Gasteiger partial charge in [0.15, 0.2) is 5.15 Å². The lowest BCUT2D eigenvalue weighted by Gasteiger charge is -2.36. The highest BCUT2D eigenvalue weighted by Gasteiger charge is 2.34. The van der Waals surface area contributed by atoms with Gasteiger partial charge in [0, 0.05) is 12.4 Å². The highest BCUT2D eigenvalue weighted by Crippen LogP contribution is 2.26. The standard InChI is InChI=1S/C12H13ClN4O4/c13-10-8-3-15-11(16(8)2-1-14-10)9-4-17(12(19)20)7(5-18)6-21-9/h1-3,7,9,18H,4-6H2,(H,19,20). The molecule has 112 valence electrons. The predicted molar refractivity (Wildman–Crippen MR) is 72.3 cm³/mol. The van der Waals surface area contributed by atoms with Gasteiger partial charge in [-0.15, -0.1) is 0 Å². The number of aromatic nitrogens is 3.